The van der Waals surface area contributed by atoms with Crippen molar-refractivity contribution in [3.05, 3.63) is 64.1 Å². The van der Waals surface area contributed by atoms with E-state index in [-0.39, 0.29) is 22.5 Å². The van der Waals surface area contributed by atoms with Crippen LogP contribution in [0.1, 0.15) is 56.6 Å². The second kappa shape index (κ2) is 13.9. The Labute approximate surface area is 215 Å². The van der Waals surface area contributed by atoms with E-state index in [2.05, 4.69) is 20.0 Å². The summed E-state index contributed by atoms with van der Waals surface area (Å²) in [5, 5.41) is 20.4. The van der Waals surface area contributed by atoms with E-state index in [1.54, 1.807) is 31.3 Å². The number of anilines is 2. The zero-order chi connectivity index (χ0) is 26.7. The van der Waals surface area contributed by atoms with Crippen LogP contribution < -0.4 is 20.3 Å². The van der Waals surface area contributed by atoms with Crippen LogP contribution in [-0.4, -0.2) is 40.4 Å². The Balaban J connectivity index is 0.00000222. The number of carboxylic acid groups (broad SMARTS) is 1. The van der Waals surface area contributed by atoms with E-state index < -0.39 is 5.97 Å². The van der Waals surface area contributed by atoms with Gasteiger partial charge in [0, 0.05) is 17.6 Å². The van der Waals surface area contributed by atoms with Gasteiger partial charge >= 0.3 is 5.97 Å². The normalized spacial score (nSPS) is 10.1. The minimum Gasteiger partial charge on any atom is -0.493 e. The molecule has 1 aromatic heterocycles. The maximum Gasteiger partial charge on any atom is 0.335 e. The quantitative estimate of drug-likeness (QED) is 0.159. The third-order valence-corrected chi connectivity index (χ3v) is 5.68. The Bertz CT molecular complexity index is 1260. The highest BCUT2D eigenvalue weighted by atomic mass is 32.2. The number of aromatic amines is 1. The molecule has 5 N–H and O–H groups in total. The Kier molecular flexibility index (Phi) is 11.0. The lowest BCUT2D eigenvalue weighted by atomic mass is 10.1. The van der Waals surface area contributed by atoms with Crippen LogP contribution in [0.2, 0.25) is 0 Å². The molecule has 0 aliphatic heterocycles. The SMILES string of the molecule is CC.CCCC(=N)c1nc(-c2cc(SNc3cccc(C(=O)O)c3)ccc2OCC)[nH]c(=O)c1NC. The zero-order valence-electron chi connectivity index (χ0n) is 21.2. The third-order valence-electron chi connectivity index (χ3n) is 4.86. The molecule has 0 fully saturated rings. The van der Waals surface area contributed by atoms with E-state index in [0.29, 0.717) is 41.5 Å². The highest BCUT2D eigenvalue weighted by Gasteiger charge is 2.18. The predicted molar refractivity (Wildman–Crippen MR) is 147 cm³/mol. The van der Waals surface area contributed by atoms with Gasteiger partial charge in [0.25, 0.3) is 5.56 Å². The highest BCUT2D eigenvalue weighted by molar-refractivity contribution is 8.00. The summed E-state index contributed by atoms with van der Waals surface area (Å²) in [6, 6.07) is 12.0. The van der Waals surface area contributed by atoms with Crippen LogP contribution in [0.5, 0.6) is 5.75 Å². The summed E-state index contributed by atoms with van der Waals surface area (Å²) in [5.74, 6) is -0.145. The lowest BCUT2D eigenvalue weighted by Gasteiger charge is -2.15. The maximum atomic E-state index is 12.8. The molecule has 0 spiro atoms. The number of carboxylic acids is 1. The molecule has 0 bridgehead atoms. The van der Waals surface area contributed by atoms with Gasteiger partial charge in [-0.15, -0.1) is 0 Å². The molecule has 0 aliphatic rings. The molecule has 0 saturated heterocycles. The number of rotatable bonds is 11. The fraction of sp³-hybridized carbons (Fsp3) is 0.308. The summed E-state index contributed by atoms with van der Waals surface area (Å²) < 4.78 is 8.91. The molecule has 0 radical (unpaired) electrons. The van der Waals surface area contributed by atoms with Gasteiger partial charge in [0.2, 0.25) is 0 Å². The molecule has 192 valence electrons. The molecule has 2 aromatic carbocycles. The number of hydrogen-bond donors (Lipinski definition) is 5. The molecule has 36 heavy (non-hydrogen) atoms. The highest BCUT2D eigenvalue weighted by Crippen LogP contribution is 2.33. The first-order chi connectivity index (χ1) is 17.4. The smallest absolute Gasteiger partial charge is 0.335 e. The van der Waals surface area contributed by atoms with Crippen LogP contribution >= 0.6 is 11.9 Å². The summed E-state index contributed by atoms with van der Waals surface area (Å²) in [5.41, 5.74) is 1.89. The zero-order valence-corrected chi connectivity index (χ0v) is 22.0. The second-order valence-electron chi connectivity index (χ2n) is 7.30. The van der Waals surface area contributed by atoms with Crippen molar-refractivity contribution in [3.63, 3.8) is 0 Å². The largest absolute Gasteiger partial charge is 0.493 e. The second-order valence-corrected chi connectivity index (χ2v) is 8.18. The lowest BCUT2D eigenvalue weighted by Crippen LogP contribution is -2.20. The molecule has 3 aromatic rings. The number of nitrogens with zero attached hydrogens (tertiary/aromatic N) is 1. The van der Waals surface area contributed by atoms with E-state index in [1.165, 1.54) is 18.0 Å². The number of nitrogens with one attached hydrogen (secondary N) is 4. The van der Waals surface area contributed by atoms with Crippen LogP contribution in [0.4, 0.5) is 11.4 Å². The summed E-state index contributed by atoms with van der Waals surface area (Å²) in [6.45, 7) is 8.26. The van der Waals surface area contributed by atoms with Crippen molar-refractivity contribution < 1.29 is 14.6 Å². The molecule has 3 rings (SSSR count). The van der Waals surface area contributed by atoms with Crippen molar-refractivity contribution in [2.75, 3.05) is 23.7 Å². The first kappa shape index (κ1) is 28.4. The topological polar surface area (TPSA) is 140 Å². The third kappa shape index (κ3) is 7.11. The Hall–Kier alpha value is -3.79. The fourth-order valence-corrected chi connectivity index (χ4v) is 3.97. The number of H-pyrrole nitrogens is 1. The van der Waals surface area contributed by atoms with Crippen LogP contribution in [0.3, 0.4) is 0 Å². The number of hydrogen-bond acceptors (Lipinski definition) is 8. The molecule has 1 heterocycles. The number of benzene rings is 2. The summed E-state index contributed by atoms with van der Waals surface area (Å²) in [7, 11) is 1.63. The molecular formula is C26H33N5O4S. The van der Waals surface area contributed by atoms with Gasteiger partial charge in [0.1, 0.15) is 23.0 Å². The molecule has 0 atom stereocenters. The number of aromatic nitrogens is 2. The molecule has 0 saturated carbocycles. The first-order valence-corrected chi connectivity index (χ1v) is 12.6. The average Bonchev–Trinajstić information content (AvgIpc) is 2.89. The van der Waals surface area contributed by atoms with Gasteiger partial charge in [-0.2, -0.15) is 0 Å². The summed E-state index contributed by atoms with van der Waals surface area (Å²) in [6.07, 6.45) is 1.26. The van der Waals surface area contributed by atoms with Crippen molar-refractivity contribution >= 4 is 35.0 Å². The van der Waals surface area contributed by atoms with E-state index >= 15 is 0 Å². The number of ether oxygens (including phenoxy) is 1. The van der Waals surface area contributed by atoms with Crippen molar-refractivity contribution in [1.82, 2.24) is 9.97 Å². The Morgan fingerprint density at radius 3 is 2.58 bits per heavy atom. The van der Waals surface area contributed by atoms with Gasteiger partial charge < -0.3 is 30.3 Å². The Morgan fingerprint density at radius 1 is 1.19 bits per heavy atom. The molecular weight excluding hydrogens is 478 g/mol. The number of aromatic carboxylic acids is 1. The average molecular weight is 512 g/mol. The minimum atomic E-state index is -0.999. The van der Waals surface area contributed by atoms with Gasteiger partial charge in [-0.25, -0.2) is 9.78 Å². The van der Waals surface area contributed by atoms with Gasteiger partial charge in [0.15, 0.2) is 0 Å². The molecule has 9 nitrogen and oxygen atoms in total. The minimum absolute atomic E-state index is 0.187. The summed E-state index contributed by atoms with van der Waals surface area (Å²) >= 11 is 1.29. The molecule has 0 aliphatic carbocycles. The van der Waals surface area contributed by atoms with Gasteiger partial charge in [0.05, 0.1) is 23.4 Å². The van der Waals surface area contributed by atoms with E-state index in [0.717, 1.165) is 11.3 Å². The van der Waals surface area contributed by atoms with Gasteiger partial charge in [-0.1, -0.05) is 33.3 Å². The van der Waals surface area contributed by atoms with Crippen LogP contribution in [0.25, 0.3) is 11.4 Å². The van der Waals surface area contributed by atoms with Crippen LogP contribution in [-0.2, 0) is 0 Å². The van der Waals surface area contributed by atoms with E-state index in [9.17, 15) is 14.7 Å². The summed E-state index contributed by atoms with van der Waals surface area (Å²) in [4.78, 5) is 32.2. The maximum absolute atomic E-state index is 12.8. The number of carbonyl (C=O) groups is 1. The van der Waals surface area contributed by atoms with Crippen LogP contribution in [0, 0.1) is 5.41 Å². The predicted octanol–water partition coefficient (Wildman–Crippen LogP) is 5.89. The molecule has 0 unspecified atom stereocenters. The van der Waals surface area contributed by atoms with Crippen molar-refractivity contribution in [3.8, 4) is 17.1 Å². The van der Waals surface area contributed by atoms with Gasteiger partial charge in [-0.3, -0.25) is 4.79 Å². The monoisotopic (exact) mass is 511 g/mol. The Morgan fingerprint density at radius 2 is 1.94 bits per heavy atom. The van der Waals surface area contributed by atoms with E-state index in [4.69, 9.17) is 10.1 Å². The molecule has 0 amide bonds. The standard InChI is InChI=1S/C24H27N5O4S.C2H6/c1-4-7-18(25)20-21(26-3)23(30)28-22(27-20)17-13-16(10-11-19(17)33-5-2)34-29-15-9-6-8-14(12-15)24(31)32;1-2/h6,8-13,25-26,29H,4-5,7H2,1-3H3,(H,31,32)(H,27,28,30);1-2H3. The van der Waals surface area contributed by atoms with E-state index in [1.807, 2.05) is 39.8 Å². The lowest BCUT2D eigenvalue weighted by molar-refractivity contribution is 0.0697. The van der Waals surface area contributed by atoms with Crippen molar-refractivity contribution in [2.24, 2.45) is 0 Å². The first-order valence-electron chi connectivity index (χ1n) is 11.8. The molecule has 10 heteroatoms. The van der Waals surface area contributed by atoms with Crippen LogP contribution in [0.15, 0.2) is 52.2 Å². The van der Waals surface area contributed by atoms with Crippen molar-refractivity contribution in [1.29, 1.82) is 5.41 Å². The van der Waals surface area contributed by atoms with Crippen molar-refractivity contribution in [2.45, 2.75) is 45.4 Å². The van der Waals surface area contributed by atoms with Gasteiger partial charge in [-0.05, 0) is 61.7 Å². The fourth-order valence-electron chi connectivity index (χ4n) is 3.29.